The molecule has 0 aromatic carbocycles. The van der Waals surface area contributed by atoms with E-state index in [1.807, 2.05) is 22.9 Å². The number of nitrogens with one attached hydrogen (secondary N) is 2. The summed E-state index contributed by atoms with van der Waals surface area (Å²) in [5, 5.41) is 14.2. The lowest BCUT2D eigenvalue weighted by molar-refractivity contribution is -0.133. The third-order valence-corrected chi connectivity index (χ3v) is 5.48. The number of anilines is 1. The molecule has 162 valence electrons. The first-order valence-corrected chi connectivity index (χ1v) is 10.2. The van der Waals surface area contributed by atoms with Gasteiger partial charge in [-0.2, -0.15) is 10.2 Å². The van der Waals surface area contributed by atoms with Crippen LogP contribution in [0, 0.1) is 0 Å². The van der Waals surface area contributed by atoms with Gasteiger partial charge in [-0.25, -0.2) is 0 Å². The third kappa shape index (κ3) is 3.89. The molecule has 0 saturated heterocycles. The first kappa shape index (κ1) is 19.7. The lowest BCUT2D eigenvalue weighted by atomic mass is 10.2. The molecule has 2 atom stereocenters. The summed E-state index contributed by atoms with van der Waals surface area (Å²) in [5.41, 5.74) is 2.47. The molecule has 1 saturated carbocycles. The van der Waals surface area contributed by atoms with Crippen LogP contribution in [-0.2, 0) is 9.53 Å². The van der Waals surface area contributed by atoms with Crippen molar-refractivity contribution in [2.45, 2.75) is 31.4 Å². The molecule has 0 bridgehead atoms. The monoisotopic (exact) mass is 432 g/mol. The molecule has 1 aliphatic carbocycles. The van der Waals surface area contributed by atoms with Crippen molar-refractivity contribution in [3.63, 3.8) is 0 Å². The molecule has 4 aromatic rings. The molecule has 10 nitrogen and oxygen atoms in total. The summed E-state index contributed by atoms with van der Waals surface area (Å²) in [6.45, 7) is 0.488. The number of hydrogen-bond acceptors (Lipinski definition) is 7. The highest BCUT2D eigenvalue weighted by molar-refractivity contribution is 6.04. The van der Waals surface area contributed by atoms with Crippen molar-refractivity contribution in [2.75, 3.05) is 5.32 Å². The van der Waals surface area contributed by atoms with Gasteiger partial charge in [-0.15, -0.1) is 0 Å². The van der Waals surface area contributed by atoms with Gasteiger partial charge in [-0.05, 0) is 37.1 Å². The molecule has 10 heteroatoms. The van der Waals surface area contributed by atoms with E-state index in [4.69, 9.17) is 14.3 Å². The van der Waals surface area contributed by atoms with Gasteiger partial charge in [-0.3, -0.25) is 24.4 Å². The van der Waals surface area contributed by atoms with E-state index in [0.717, 1.165) is 18.4 Å². The highest BCUT2D eigenvalue weighted by Gasteiger charge is 2.29. The molecular weight excluding hydrogens is 412 g/mol. The molecule has 2 N–H and O–H groups in total. The van der Waals surface area contributed by atoms with Crippen LogP contribution in [0.2, 0.25) is 0 Å². The maximum Gasteiger partial charge on any atom is 0.293 e. The minimum atomic E-state index is -0.398. The molecular formula is C22H20N6O4. The van der Waals surface area contributed by atoms with Crippen LogP contribution in [0.3, 0.4) is 0 Å². The summed E-state index contributed by atoms with van der Waals surface area (Å²) in [6, 6.07) is 8.90. The van der Waals surface area contributed by atoms with Crippen molar-refractivity contribution in [3.8, 4) is 22.7 Å². The number of furan rings is 1. The topological polar surface area (TPSA) is 128 Å². The maximum atomic E-state index is 12.9. The van der Waals surface area contributed by atoms with Gasteiger partial charge < -0.3 is 14.5 Å². The number of carbonyl (C=O) groups is 2. The number of hydrogen-bond donors (Lipinski definition) is 2. The largest absolute Gasteiger partial charge is 0.465 e. The number of nitrogens with zero attached hydrogens (tertiary/aromatic N) is 4. The van der Waals surface area contributed by atoms with Gasteiger partial charge >= 0.3 is 0 Å². The predicted molar refractivity (Wildman–Crippen MR) is 114 cm³/mol. The van der Waals surface area contributed by atoms with E-state index < -0.39 is 5.91 Å². The second kappa shape index (κ2) is 8.50. The van der Waals surface area contributed by atoms with E-state index in [9.17, 15) is 9.59 Å². The third-order valence-electron chi connectivity index (χ3n) is 5.48. The van der Waals surface area contributed by atoms with Gasteiger partial charge in [-0.1, -0.05) is 6.07 Å². The smallest absolute Gasteiger partial charge is 0.293 e. The van der Waals surface area contributed by atoms with Gasteiger partial charge in [0.15, 0.2) is 5.76 Å². The zero-order valence-electron chi connectivity index (χ0n) is 17.0. The van der Waals surface area contributed by atoms with E-state index in [1.165, 1.54) is 0 Å². The van der Waals surface area contributed by atoms with Gasteiger partial charge in [0, 0.05) is 25.0 Å². The number of pyridine rings is 1. The number of rotatable bonds is 7. The summed E-state index contributed by atoms with van der Waals surface area (Å²) in [6.07, 6.45) is 8.90. The molecule has 0 aliphatic heterocycles. The predicted octanol–water partition coefficient (Wildman–Crippen LogP) is 3.45. The summed E-state index contributed by atoms with van der Waals surface area (Å²) >= 11 is 0. The molecule has 4 aromatic heterocycles. The normalized spacial score (nSPS) is 17.9. The fourth-order valence-corrected chi connectivity index (χ4v) is 3.91. The average molecular weight is 432 g/mol. The van der Waals surface area contributed by atoms with E-state index in [0.29, 0.717) is 35.7 Å². The molecule has 0 radical (unpaired) electrons. The van der Waals surface area contributed by atoms with Crippen LogP contribution in [0.5, 0.6) is 0 Å². The highest BCUT2D eigenvalue weighted by atomic mass is 16.5. The Morgan fingerprint density at radius 1 is 1.28 bits per heavy atom. The number of H-pyrrole nitrogens is 1. The maximum absolute atomic E-state index is 12.9. The SMILES string of the molecule is O=CO[C@H]1CC[C@H](n2cc(NC(=O)c3ccc(-c4cn[nH]c4)o3)c(-c3ccccn3)n2)C1. The van der Waals surface area contributed by atoms with Gasteiger partial charge in [0.1, 0.15) is 17.6 Å². The summed E-state index contributed by atoms with van der Waals surface area (Å²) in [7, 11) is 0. The van der Waals surface area contributed by atoms with Crippen molar-refractivity contribution in [1.29, 1.82) is 0 Å². The number of amides is 1. The van der Waals surface area contributed by atoms with E-state index in [2.05, 4.69) is 20.5 Å². The number of aromatic nitrogens is 5. The molecule has 4 heterocycles. The summed E-state index contributed by atoms with van der Waals surface area (Å²) < 4.78 is 12.6. The van der Waals surface area contributed by atoms with Crippen molar-refractivity contribution < 1.29 is 18.7 Å². The molecule has 0 unspecified atom stereocenters. The summed E-state index contributed by atoms with van der Waals surface area (Å²) in [5.74, 6) is 0.308. The van der Waals surface area contributed by atoms with E-state index in [1.54, 1.807) is 36.9 Å². The van der Waals surface area contributed by atoms with Crippen LogP contribution in [0.25, 0.3) is 22.7 Å². The minimum Gasteiger partial charge on any atom is -0.465 e. The Labute approximate surface area is 182 Å². The fourth-order valence-electron chi connectivity index (χ4n) is 3.91. The molecule has 1 fully saturated rings. The van der Waals surface area contributed by atoms with Crippen molar-refractivity contribution in [1.82, 2.24) is 25.0 Å². The first-order valence-electron chi connectivity index (χ1n) is 10.2. The zero-order chi connectivity index (χ0) is 21.9. The molecule has 1 aliphatic rings. The quantitative estimate of drug-likeness (QED) is 0.428. The van der Waals surface area contributed by atoms with Crippen LogP contribution in [0.15, 0.2) is 59.5 Å². The lowest BCUT2D eigenvalue weighted by Gasteiger charge is -2.10. The minimum absolute atomic E-state index is 0.0596. The second-order valence-corrected chi connectivity index (χ2v) is 7.51. The highest BCUT2D eigenvalue weighted by Crippen LogP contribution is 2.34. The Morgan fingerprint density at radius 3 is 3.00 bits per heavy atom. The zero-order valence-corrected chi connectivity index (χ0v) is 17.0. The Morgan fingerprint density at radius 2 is 2.22 bits per heavy atom. The van der Waals surface area contributed by atoms with Crippen LogP contribution in [-0.4, -0.2) is 43.4 Å². The first-order chi connectivity index (χ1) is 15.7. The second-order valence-electron chi connectivity index (χ2n) is 7.51. The van der Waals surface area contributed by atoms with Crippen molar-refractivity contribution in [2.24, 2.45) is 0 Å². The van der Waals surface area contributed by atoms with Gasteiger partial charge in [0.05, 0.1) is 29.2 Å². The molecule has 5 rings (SSSR count). The van der Waals surface area contributed by atoms with Crippen LogP contribution in [0.1, 0.15) is 35.9 Å². The summed E-state index contributed by atoms with van der Waals surface area (Å²) in [4.78, 5) is 27.9. The van der Waals surface area contributed by atoms with Crippen LogP contribution < -0.4 is 5.32 Å². The Kier molecular flexibility index (Phi) is 5.24. The van der Waals surface area contributed by atoms with Crippen molar-refractivity contribution >= 4 is 18.1 Å². The van der Waals surface area contributed by atoms with Gasteiger partial charge in [0.25, 0.3) is 12.4 Å². The molecule has 32 heavy (non-hydrogen) atoms. The number of aromatic amines is 1. The van der Waals surface area contributed by atoms with Crippen LogP contribution >= 0.6 is 0 Å². The Balaban J connectivity index is 1.41. The fraction of sp³-hybridized carbons (Fsp3) is 0.227. The number of ether oxygens (including phenoxy) is 1. The lowest BCUT2D eigenvalue weighted by Crippen LogP contribution is -2.11. The molecule has 1 amide bonds. The van der Waals surface area contributed by atoms with Gasteiger partial charge in [0.2, 0.25) is 0 Å². The van der Waals surface area contributed by atoms with Crippen molar-refractivity contribution in [3.05, 3.63) is 60.9 Å². The van der Waals surface area contributed by atoms with E-state index >= 15 is 0 Å². The Hall–Kier alpha value is -4.21. The standard InChI is InChI=1S/C22H20N6O4/c29-13-31-16-5-4-15(9-16)28-12-18(21(27-28)17-3-1-2-8-23-17)26-22(30)20-7-6-19(32-20)14-10-24-25-11-14/h1-3,6-8,10-13,15-16H,4-5,9H2,(H,24,25)(H,26,30)/t15-,16-/m0/s1. The molecule has 0 spiro atoms. The average Bonchev–Trinajstić information content (AvgIpc) is 3.61. The van der Waals surface area contributed by atoms with E-state index in [-0.39, 0.29) is 17.9 Å². The van der Waals surface area contributed by atoms with Crippen LogP contribution in [0.4, 0.5) is 5.69 Å². The Bertz CT molecular complexity index is 1210. The number of carbonyl (C=O) groups excluding carboxylic acids is 2.